The van der Waals surface area contributed by atoms with E-state index in [4.69, 9.17) is 9.16 Å². The van der Waals surface area contributed by atoms with E-state index in [1.807, 2.05) is 42.5 Å². The predicted molar refractivity (Wildman–Crippen MR) is 205 cm³/mol. The van der Waals surface area contributed by atoms with Gasteiger partial charge in [0.05, 0.1) is 31.2 Å². The molecule has 0 bridgehead atoms. The summed E-state index contributed by atoms with van der Waals surface area (Å²) in [6.45, 7) is 7.62. The number of rotatable bonds is 10. The number of allylic oxidation sites excluding steroid dienone is 1. The van der Waals surface area contributed by atoms with E-state index in [0.717, 1.165) is 35.1 Å². The Kier molecular flexibility index (Phi) is 9.72. The number of benzene rings is 4. The first-order valence-corrected chi connectivity index (χ1v) is 19.9. The highest BCUT2D eigenvalue weighted by molar-refractivity contribution is 6.99. The number of hydrogen-bond donors (Lipinski definition) is 1. The number of carbonyl (C=O) groups is 2. The highest BCUT2D eigenvalue weighted by atomic mass is 28.4. The number of phenolic OH excluding ortho intramolecular Hbond substituents is 1. The number of nitrogens with zero attached hydrogens (tertiary/aromatic N) is 1. The van der Waals surface area contributed by atoms with Crippen LogP contribution >= 0.6 is 0 Å². The summed E-state index contributed by atoms with van der Waals surface area (Å²) >= 11 is 0. The van der Waals surface area contributed by atoms with Crippen LogP contribution in [0, 0.1) is 17.8 Å². The van der Waals surface area contributed by atoms with Gasteiger partial charge in [-0.25, -0.2) is 0 Å². The van der Waals surface area contributed by atoms with Crippen molar-refractivity contribution in [2.24, 2.45) is 17.8 Å². The van der Waals surface area contributed by atoms with Gasteiger partial charge in [0.2, 0.25) is 11.8 Å². The summed E-state index contributed by atoms with van der Waals surface area (Å²) in [4.78, 5) is 28.4. The van der Waals surface area contributed by atoms with Crippen molar-refractivity contribution >= 4 is 42.2 Å². The van der Waals surface area contributed by atoms with Crippen molar-refractivity contribution in [2.45, 2.75) is 51.2 Å². The van der Waals surface area contributed by atoms with Crippen LogP contribution in [0.5, 0.6) is 5.75 Å². The Hall–Kier alpha value is -4.56. The Balaban J connectivity index is 1.27. The maximum absolute atomic E-state index is 13.6. The lowest BCUT2D eigenvalue weighted by molar-refractivity contribution is -0.138. The summed E-state index contributed by atoms with van der Waals surface area (Å²) in [6, 6.07) is 38.9. The molecule has 4 aromatic carbocycles. The van der Waals surface area contributed by atoms with Gasteiger partial charge in [0.25, 0.3) is 8.32 Å². The van der Waals surface area contributed by atoms with Gasteiger partial charge in [0, 0.05) is 13.0 Å². The van der Waals surface area contributed by atoms with E-state index < -0.39 is 20.2 Å². The minimum atomic E-state index is -2.87. The number of fused-ring (bicyclic) bond motifs is 3. The van der Waals surface area contributed by atoms with Crippen LogP contribution in [-0.4, -0.2) is 56.5 Å². The standard InChI is InChI=1S/C44H47NO5Si/c1-44(2,3)51(35-16-10-6-11-17-35,36-18-12-7-13-19-36)50-28-33-27-37-41(43(48)45(4)42(37)47)38-29-49-39(40(33)38)25-22-32(31-14-8-5-9-15-31)26-30-20-23-34(46)24-21-30/h5-21,23-24,26,37-39,41,46H,22,25,27-29H2,1-4H3/b32-26-/t37-,38+,39-,41-/m1/s1. The molecule has 0 radical (unpaired) electrons. The highest BCUT2D eigenvalue weighted by Gasteiger charge is 2.57. The number of likely N-dealkylation sites (tertiary alicyclic amines) is 1. The minimum absolute atomic E-state index is 0.0964. The summed E-state index contributed by atoms with van der Waals surface area (Å²) in [6.07, 6.45) is 3.94. The topological polar surface area (TPSA) is 76.1 Å². The molecule has 3 aliphatic rings. The molecule has 7 rings (SSSR count). The lowest BCUT2D eigenvalue weighted by atomic mass is 9.69. The predicted octanol–water partition coefficient (Wildman–Crippen LogP) is 7.24. The molecule has 1 aliphatic carbocycles. The molecular formula is C44H47NO5Si. The third-order valence-corrected chi connectivity index (χ3v) is 16.1. The number of phenols is 1. The maximum atomic E-state index is 13.6. The first kappa shape index (κ1) is 34.9. The Labute approximate surface area is 302 Å². The van der Waals surface area contributed by atoms with E-state index in [9.17, 15) is 14.7 Å². The average molecular weight is 698 g/mol. The molecule has 0 aromatic heterocycles. The van der Waals surface area contributed by atoms with Crippen LogP contribution in [0.3, 0.4) is 0 Å². The van der Waals surface area contributed by atoms with E-state index in [1.165, 1.54) is 20.8 Å². The van der Waals surface area contributed by atoms with E-state index in [1.54, 1.807) is 19.2 Å². The zero-order chi connectivity index (χ0) is 35.8. The van der Waals surface area contributed by atoms with Gasteiger partial charge in [-0.05, 0) is 74.7 Å². The molecule has 0 spiro atoms. The van der Waals surface area contributed by atoms with Gasteiger partial charge in [-0.15, -0.1) is 0 Å². The Morgan fingerprint density at radius 2 is 1.43 bits per heavy atom. The third kappa shape index (κ3) is 6.55. The van der Waals surface area contributed by atoms with Crippen molar-refractivity contribution in [3.05, 3.63) is 138 Å². The lowest BCUT2D eigenvalue weighted by Crippen LogP contribution is -2.66. The molecule has 6 nitrogen and oxygen atoms in total. The second-order valence-electron chi connectivity index (χ2n) is 15.2. The monoisotopic (exact) mass is 697 g/mol. The van der Waals surface area contributed by atoms with Gasteiger partial charge < -0.3 is 14.3 Å². The van der Waals surface area contributed by atoms with Gasteiger partial charge in [0.15, 0.2) is 0 Å². The molecule has 2 saturated heterocycles. The molecule has 7 heteroatoms. The van der Waals surface area contributed by atoms with Crippen molar-refractivity contribution in [1.29, 1.82) is 0 Å². The van der Waals surface area contributed by atoms with Crippen LogP contribution in [0.15, 0.2) is 126 Å². The van der Waals surface area contributed by atoms with Crippen LogP contribution in [-0.2, 0) is 18.8 Å². The molecule has 262 valence electrons. The molecule has 0 unspecified atom stereocenters. The van der Waals surface area contributed by atoms with Crippen LogP contribution < -0.4 is 10.4 Å². The molecule has 0 saturated carbocycles. The van der Waals surface area contributed by atoms with Gasteiger partial charge in [-0.2, -0.15) is 0 Å². The fourth-order valence-corrected chi connectivity index (χ4v) is 13.3. The van der Waals surface area contributed by atoms with E-state index >= 15 is 0 Å². The second kappa shape index (κ2) is 14.2. The van der Waals surface area contributed by atoms with Gasteiger partial charge in [-0.3, -0.25) is 14.5 Å². The third-order valence-electron chi connectivity index (χ3n) is 11.2. The quantitative estimate of drug-likeness (QED) is 0.0819. The Bertz CT molecular complexity index is 1890. The van der Waals surface area contributed by atoms with Crippen molar-refractivity contribution in [1.82, 2.24) is 4.90 Å². The molecule has 51 heavy (non-hydrogen) atoms. The van der Waals surface area contributed by atoms with Crippen LogP contribution in [0.2, 0.25) is 5.04 Å². The van der Waals surface area contributed by atoms with Crippen LogP contribution in [0.1, 0.15) is 51.2 Å². The largest absolute Gasteiger partial charge is 0.508 e. The molecule has 4 aromatic rings. The van der Waals surface area contributed by atoms with Crippen molar-refractivity contribution in [2.75, 3.05) is 20.3 Å². The maximum Gasteiger partial charge on any atom is 0.261 e. The van der Waals surface area contributed by atoms with Gasteiger partial charge in [0.1, 0.15) is 5.75 Å². The van der Waals surface area contributed by atoms with Crippen LogP contribution in [0.25, 0.3) is 11.6 Å². The van der Waals surface area contributed by atoms with Crippen molar-refractivity contribution < 1.29 is 23.9 Å². The molecule has 4 atom stereocenters. The zero-order valence-corrected chi connectivity index (χ0v) is 30.9. The molecule has 2 aliphatic heterocycles. The summed E-state index contributed by atoms with van der Waals surface area (Å²) in [7, 11) is -1.25. The van der Waals surface area contributed by atoms with E-state index in [2.05, 4.69) is 87.5 Å². The highest BCUT2D eigenvalue weighted by Crippen LogP contribution is 2.50. The van der Waals surface area contributed by atoms with Crippen molar-refractivity contribution in [3.63, 3.8) is 0 Å². The molecule has 1 N–H and O–H groups in total. The molecule has 2 fully saturated rings. The SMILES string of the molecule is CN1C(=O)[C@@H]2[C@@H](CC(CO[Si](c3ccccc3)(c3ccccc3)C(C)(C)C)=C3[C@@H](CC/C(=C/c4ccc(O)cc4)c4ccccc4)OC[C@@H]32)C1=O. The van der Waals surface area contributed by atoms with Gasteiger partial charge in [-0.1, -0.05) is 130 Å². The molecular weight excluding hydrogens is 651 g/mol. The van der Waals surface area contributed by atoms with Gasteiger partial charge >= 0.3 is 0 Å². The van der Waals surface area contributed by atoms with E-state index in [0.29, 0.717) is 19.6 Å². The number of aromatic hydroxyl groups is 1. The van der Waals surface area contributed by atoms with Crippen molar-refractivity contribution in [3.8, 4) is 5.75 Å². The first-order chi connectivity index (χ1) is 24.6. The normalized spacial score (nSPS) is 22.4. The van der Waals surface area contributed by atoms with Crippen LogP contribution in [0.4, 0.5) is 0 Å². The number of imide groups is 1. The summed E-state index contributed by atoms with van der Waals surface area (Å²) < 4.78 is 14.1. The number of amides is 2. The fourth-order valence-electron chi connectivity index (χ4n) is 8.73. The zero-order valence-electron chi connectivity index (χ0n) is 29.9. The average Bonchev–Trinajstić information content (AvgIpc) is 3.66. The first-order valence-electron chi connectivity index (χ1n) is 18.0. The fraction of sp³-hybridized carbons (Fsp3) is 0.318. The smallest absolute Gasteiger partial charge is 0.261 e. The Morgan fingerprint density at radius 3 is 2.02 bits per heavy atom. The second-order valence-corrected chi connectivity index (χ2v) is 19.5. The number of ether oxygens (including phenoxy) is 1. The summed E-state index contributed by atoms with van der Waals surface area (Å²) in [5.74, 6) is -0.917. The molecule has 2 heterocycles. The Morgan fingerprint density at radius 1 is 0.843 bits per heavy atom. The summed E-state index contributed by atoms with van der Waals surface area (Å²) in [5.41, 5.74) is 5.57. The van der Waals surface area contributed by atoms with E-state index in [-0.39, 0.29) is 34.6 Å². The number of carbonyl (C=O) groups excluding carboxylic acids is 2. The number of hydrogen-bond acceptors (Lipinski definition) is 5. The minimum Gasteiger partial charge on any atom is -0.508 e. The molecule has 2 amide bonds. The summed E-state index contributed by atoms with van der Waals surface area (Å²) in [5, 5.41) is 12.1. The lowest BCUT2D eigenvalue weighted by Gasteiger charge is -2.44.